The number of halogens is 2. The highest BCUT2D eigenvalue weighted by atomic mass is 35.5. The number of carbonyl (C=O) groups is 1. The number of benzene rings is 1. The smallest absolute Gasteiger partial charge is 0.295 e. The third kappa shape index (κ3) is 4.86. The third-order valence-electron chi connectivity index (χ3n) is 6.86. The van der Waals surface area contributed by atoms with Crippen molar-refractivity contribution in [2.24, 2.45) is 11.8 Å². The van der Waals surface area contributed by atoms with Gasteiger partial charge >= 0.3 is 0 Å². The molecule has 184 valence electrons. The Hall–Kier alpha value is -2.71. The van der Waals surface area contributed by atoms with Crippen LogP contribution in [0.15, 0.2) is 40.6 Å². The summed E-state index contributed by atoms with van der Waals surface area (Å²) in [4.78, 5) is 25.7. The molecule has 1 N–H and O–H groups in total. The summed E-state index contributed by atoms with van der Waals surface area (Å²) in [6.45, 7) is 7.12. The highest BCUT2D eigenvalue weighted by molar-refractivity contribution is 7.13. The molecule has 9 heteroatoms. The van der Waals surface area contributed by atoms with Crippen LogP contribution in [-0.2, 0) is 0 Å². The molecular weight excluding hydrogens is 487 g/mol. The molecule has 1 aliphatic heterocycles. The van der Waals surface area contributed by atoms with Gasteiger partial charge in [-0.05, 0) is 62.0 Å². The number of piperidine rings is 1. The van der Waals surface area contributed by atoms with E-state index >= 15 is 0 Å². The number of rotatable bonds is 5. The third-order valence-corrected chi connectivity index (χ3v) is 8.14. The number of oxazole rings is 1. The lowest BCUT2D eigenvalue weighted by Crippen LogP contribution is -2.51. The molecule has 1 amide bonds. The number of carbonyl (C=O) groups excluding carboxylic acids is 1. The summed E-state index contributed by atoms with van der Waals surface area (Å²) in [6.07, 6.45) is 5.84. The summed E-state index contributed by atoms with van der Waals surface area (Å²) in [5.74, 6) is -0.0948. The number of amides is 1. The molecule has 3 unspecified atom stereocenters. The molecule has 1 aromatic carbocycles. The highest BCUT2D eigenvalue weighted by Crippen LogP contribution is 2.37. The minimum atomic E-state index is -0.196. The highest BCUT2D eigenvalue weighted by Gasteiger charge is 2.35. The second kappa shape index (κ2) is 9.74. The van der Waals surface area contributed by atoms with Gasteiger partial charge in [-0.3, -0.25) is 4.79 Å². The molecule has 5 rings (SSSR count). The Labute approximate surface area is 212 Å². The van der Waals surface area contributed by atoms with Crippen molar-refractivity contribution in [1.82, 2.24) is 14.9 Å². The lowest BCUT2D eigenvalue weighted by Gasteiger charge is -2.40. The van der Waals surface area contributed by atoms with E-state index in [2.05, 4.69) is 22.2 Å². The minimum absolute atomic E-state index is 0.0405. The Morgan fingerprint density at radius 2 is 2.14 bits per heavy atom. The number of anilines is 1. The predicted molar refractivity (Wildman–Crippen MR) is 139 cm³/mol. The summed E-state index contributed by atoms with van der Waals surface area (Å²) in [5.41, 5.74) is 2.78. The molecule has 35 heavy (non-hydrogen) atoms. The largest absolute Gasteiger partial charge is 0.424 e. The van der Waals surface area contributed by atoms with E-state index in [-0.39, 0.29) is 23.7 Å². The van der Waals surface area contributed by atoms with Crippen molar-refractivity contribution in [3.8, 4) is 0 Å². The molecule has 0 radical (unpaired) electrons. The van der Waals surface area contributed by atoms with Crippen LogP contribution in [0.5, 0.6) is 0 Å². The summed E-state index contributed by atoms with van der Waals surface area (Å²) < 4.78 is 19.7. The molecule has 0 bridgehead atoms. The fraction of sp³-hybridized carbons (Fsp3) is 0.423. The Bertz CT molecular complexity index is 1330. The zero-order valence-corrected chi connectivity index (χ0v) is 21.5. The molecule has 0 saturated carbocycles. The number of aromatic nitrogens is 2. The molecule has 1 fully saturated rings. The standard InChI is InChI=1S/C26H28ClFN4O2S/c1-14-5-4-10-32(21(14)13-29-26-31-20-12-18(27)7-9-22(20)34-26)25(33)23-24(35-16(3)30-23)17-6-8-19(28)15(2)11-17/h6-9,12,14-15,21H,4-5,10-11,13H2,1-3H3,(H,29,31). The van der Waals surface area contributed by atoms with Crippen LogP contribution >= 0.6 is 22.9 Å². The molecule has 1 saturated heterocycles. The van der Waals surface area contributed by atoms with Crippen molar-refractivity contribution in [3.05, 3.63) is 56.8 Å². The average molecular weight is 515 g/mol. The normalized spacial score (nSPS) is 22.8. The quantitative estimate of drug-likeness (QED) is 0.402. The lowest BCUT2D eigenvalue weighted by molar-refractivity contribution is 0.0533. The molecule has 3 atom stereocenters. The maximum absolute atomic E-state index is 13.9. The van der Waals surface area contributed by atoms with E-state index in [9.17, 15) is 9.18 Å². The number of thiazole rings is 1. The van der Waals surface area contributed by atoms with Crippen LogP contribution in [0.1, 0.15) is 53.5 Å². The van der Waals surface area contributed by atoms with Gasteiger partial charge in [0, 0.05) is 24.0 Å². The minimum Gasteiger partial charge on any atom is -0.424 e. The van der Waals surface area contributed by atoms with Crippen molar-refractivity contribution in [2.75, 3.05) is 18.4 Å². The maximum atomic E-state index is 13.9. The second-order valence-electron chi connectivity index (χ2n) is 9.46. The molecule has 3 heterocycles. The van der Waals surface area contributed by atoms with Crippen molar-refractivity contribution < 1.29 is 13.6 Å². The topological polar surface area (TPSA) is 71.3 Å². The Morgan fingerprint density at radius 3 is 2.94 bits per heavy atom. The number of fused-ring (bicyclic) bond motifs is 1. The van der Waals surface area contributed by atoms with E-state index < -0.39 is 0 Å². The number of hydrogen-bond donors (Lipinski definition) is 1. The van der Waals surface area contributed by atoms with E-state index in [0.717, 1.165) is 28.3 Å². The van der Waals surface area contributed by atoms with Crippen molar-refractivity contribution in [1.29, 1.82) is 0 Å². The van der Waals surface area contributed by atoms with E-state index in [4.69, 9.17) is 16.0 Å². The first-order chi connectivity index (χ1) is 16.8. The number of likely N-dealkylation sites (tertiary alicyclic amines) is 1. The van der Waals surface area contributed by atoms with Crippen LogP contribution in [0.25, 0.3) is 16.7 Å². The molecule has 2 aliphatic rings. The van der Waals surface area contributed by atoms with Crippen LogP contribution in [0.3, 0.4) is 0 Å². The van der Waals surface area contributed by atoms with Crippen LogP contribution in [-0.4, -0.2) is 39.9 Å². The van der Waals surface area contributed by atoms with E-state index in [1.807, 2.05) is 18.7 Å². The number of nitrogens with one attached hydrogen (secondary N) is 1. The van der Waals surface area contributed by atoms with Gasteiger partial charge < -0.3 is 14.6 Å². The van der Waals surface area contributed by atoms with E-state index in [1.165, 1.54) is 17.4 Å². The molecule has 2 aromatic heterocycles. The van der Waals surface area contributed by atoms with Crippen LogP contribution in [0.4, 0.5) is 10.4 Å². The van der Waals surface area contributed by atoms with Crippen LogP contribution in [0.2, 0.25) is 5.02 Å². The summed E-state index contributed by atoms with van der Waals surface area (Å²) >= 11 is 7.57. The van der Waals surface area contributed by atoms with E-state index in [1.54, 1.807) is 24.3 Å². The second-order valence-corrected chi connectivity index (χ2v) is 11.1. The average Bonchev–Trinajstić information content (AvgIpc) is 3.42. The zero-order chi connectivity index (χ0) is 24.7. The SMILES string of the molecule is Cc1nc(C(=O)N2CCCC(C)C2CNc2nc3cc(Cl)ccc3o2)c(C2=CC=C(F)C(C)C2)s1. The van der Waals surface area contributed by atoms with Gasteiger partial charge in [-0.1, -0.05) is 31.5 Å². The van der Waals surface area contributed by atoms with Gasteiger partial charge in [0.2, 0.25) is 0 Å². The van der Waals surface area contributed by atoms with Crippen LogP contribution < -0.4 is 5.32 Å². The Kier molecular flexibility index (Phi) is 6.68. The molecule has 6 nitrogen and oxygen atoms in total. The van der Waals surface area contributed by atoms with E-state index in [0.29, 0.717) is 53.3 Å². The fourth-order valence-corrected chi connectivity index (χ4v) is 6.03. The first-order valence-electron chi connectivity index (χ1n) is 11.9. The number of allylic oxidation sites excluding steroid dienone is 4. The summed E-state index contributed by atoms with van der Waals surface area (Å²) in [5, 5.41) is 4.72. The number of nitrogens with zero attached hydrogens (tertiary/aromatic N) is 3. The fourth-order valence-electron chi connectivity index (χ4n) is 4.91. The molecule has 1 aliphatic carbocycles. The van der Waals surface area contributed by atoms with Gasteiger partial charge in [-0.15, -0.1) is 11.3 Å². The number of hydrogen-bond acceptors (Lipinski definition) is 6. The van der Waals surface area contributed by atoms with Gasteiger partial charge in [0.1, 0.15) is 17.0 Å². The van der Waals surface area contributed by atoms with Crippen molar-refractivity contribution in [3.63, 3.8) is 0 Å². The van der Waals surface area contributed by atoms with Gasteiger partial charge in [0.15, 0.2) is 5.58 Å². The van der Waals surface area contributed by atoms with Crippen LogP contribution in [0, 0.1) is 18.8 Å². The van der Waals surface area contributed by atoms with Crippen molar-refractivity contribution in [2.45, 2.75) is 46.1 Å². The molecular formula is C26H28ClFN4O2S. The predicted octanol–water partition coefficient (Wildman–Crippen LogP) is 6.88. The lowest BCUT2D eigenvalue weighted by atomic mass is 9.89. The van der Waals surface area contributed by atoms with Crippen molar-refractivity contribution >= 4 is 51.5 Å². The monoisotopic (exact) mass is 514 g/mol. The zero-order valence-electron chi connectivity index (χ0n) is 20.0. The Morgan fingerprint density at radius 1 is 1.31 bits per heavy atom. The van der Waals surface area contributed by atoms with Gasteiger partial charge in [0.05, 0.1) is 15.9 Å². The molecule has 0 spiro atoms. The maximum Gasteiger partial charge on any atom is 0.295 e. The summed E-state index contributed by atoms with van der Waals surface area (Å²) in [6, 6.07) is 5.69. The molecule has 3 aromatic rings. The van der Waals surface area contributed by atoms with Gasteiger partial charge in [-0.25, -0.2) is 9.37 Å². The van der Waals surface area contributed by atoms with Gasteiger partial charge in [0.25, 0.3) is 11.9 Å². The Balaban J connectivity index is 1.38. The summed E-state index contributed by atoms with van der Waals surface area (Å²) in [7, 11) is 0. The van der Waals surface area contributed by atoms with Gasteiger partial charge in [-0.2, -0.15) is 4.98 Å². The first kappa shape index (κ1) is 24.0. The number of aryl methyl sites for hydroxylation is 1. The first-order valence-corrected chi connectivity index (χ1v) is 13.1.